The summed E-state index contributed by atoms with van der Waals surface area (Å²) >= 11 is 0. The van der Waals surface area contributed by atoms with Crippen molar-refractivity contribution in [2.45, 2.75) is 13.0 Å². The number of hydrogen-bond donors (Lipinski definition) is 1. The number of pyridine rings is 1. The number of carbonyl (C=O) groups is 2. The van der Waals surface area contributed by atoms with Crippen LogP contribution < -0.4 is 10.2 Å². The van der Waals surface area contributed by atoms with Crippen molar-refractivity contribution in [3.05, 3.63) is 54.2 Å². The Morgan fingerprint density at radius 1 is 1.28 bits per heavy atom. The first-order valence-electron chi connectivity index (χ1n) is 9.91. The molecule has 4 heterocycles. The molecule has 2 aliphatic heterocycles. The van der Waals surface area contributed by atoms with Gasteiger partial charge in [-0.25, -0.2) is 19.2 Å². The quantitative estimate of drug-likeness (QED) is 0.664. The summed E-state index contributed by atoms with van der Waals surface area (Å²) in [6, 6.07) is 8.14. The molecule has 1 aromatic carbocycles. The van der Waals surface area contributed by atoms with Crippen LogP contribution in [0.15, 0.2) is 57.9 Å². The van der Waals surface area contributed by atoms with Crippen LogP contribution in [0, 0.1) is 5.82 Å². The Hall–Kier alpha value is -4.15. The van der Waals surface area contributed by atoms with E-state index < -0.39 is 18.0 Å². The summed E-state index contributed by atoms with van der Waals surface area (Å²) in [5.41, 5.74) is 2.69. The maximum absolute atomic E-state index is 15.0. The van der Waals surface area contributed by atoms with Crippen molar-refractivity contribution in [3.63, 3.8) is 0 Å². The van der Waals surface area contributed by atoms with Gasteiger partial charge < -0.3 is 14.5 Å². The lowest BCUT2D eigenvalue weighted by molar-refractivity contribution is -0.119. The van der Waals surface area contributed by atoms with Gasteiger partial charge in [0.2, 0.25) is 5.91 Å². The van der Waals surface area contributed by atoms with E-state index in [1.807, 2.05) is 0 Å². The molecular weight excluding hydrogens is 417 g/mol. The van der Waals surface area contributed by atoms with Crippen molar-refractivity contribution in [1.29, 1.82) is 0 Å². The van der Waals surface area contributed by atoms with Gasteiger partial charge >= 0.3 is 6.09 Å². The van der Waals surface area contributed by atoms with E-state index in [1.165, 1.54) is 17.9 Å². The number of ether oxygens (including phenoxy) is 1. The summed E-state index contributed by atoms with van der Waals surface area (Å²) in [7, 11) is 0. The number of imidazole rings is 1. The number of halogens is 1. The minimum absolute atomic E-state index is 0.207. The van der Waals surface area contributed by atoms with Crippen molar-refractivity contribution in [2.24, 2.45) is 15.2 Å². The molecule has 1 fully saturated rings. The van der Waals surface area contributed by atoms with Crippen molar-refractivity contribution >= 4 is 29.2 Å². The molecule has 2 amide bonds. The van der Waals surface area contributed by atoms with E-state index in [-0.39, 0.29) is 19.0 Å². The third kappa shape index (κ3) is 3.68. The molecule has 0 radical (unpaired) electrons. The molecular formula is C21H18FN7O3. The largest absolute Gasteiger partial charge is 0.442 e. The molecule has 5 rings (SSSR count). The Balaban J connectivity index is 1.38. The number of cyclic esters (lactones) is 1. The first-order chi connectivity index (χ1) is 15.5. The highest BCUT2D eigenvalue weighted by Gasteiger charge is 2.32. The summed E-state index contributed by atoms with van der Waals surface area (Å²) in [6.45, 7) is 2.12. The summed E-state index contributed by atoms with van der Waals surface area (Å²) in [4.78, 5) is 33.2. The number of aliphatic imine (C=N–C) groups is 1. The fourth-order valence-electron chi connectivity index (χ4n) is 3.62. The number of fused-ring (bicyclic) bond motifs is 1. The van der Waals surface area contributed by atoms with Crippen molar-refractivity contribution in [1.82, 2.24) is 14.7 Å². The molecule has 162 valence electrons. The van der Waals surface area contributed by atoms with Crippen LogP contribution in [0.1, 0.15) is 12.6 Å². The third-order valence-corrected chi connectivity index (χ3v) is 5.16. The molecule has 2 aromatic heterocycles. The smallest absolute Gasteiger partial charge is 0.414 e. The molecule has 3 aromatic rings. The SMILES string of the molecule is CC(=O)NC[C@H]1CN(c2ccc(-c3ccc4nc(C5=NCN=N5)cn4c3)c(F)c2)C(=O)O1. The lowest BCUT2D eigenvalue weighted by Crippen LogP contribution is -2.33. The topological polar surface area (TPSA) is 113 Å². The number of nitrogens with zero attached hydrogens (tertiary/aromatic N) is 6. The minimum Gasteiger partial charge on any atom is -0.442 e. The van der Waals surface area contributed by atoms with E-state index in [9.17, 15) is 9.59 Å². The number of azo groups is 1. The Morgan fingerprint density at radius 3 is 2.91 bits per heavy atom. The third-order valence-electron chi connectivity index (χ3n) is 5.16. The zero-order chi connectivity index (χ0) is 22.2. The highest BCUT2D eigenvalue weighted by atomic mass is 19.1. The van der Waals surface area contributed by atoms with Gasteiger partial charge in [-0.15, -0.1) is 5.11 Å². The summed E-state index contributed by atoms with van der Waals surface area (Å²) < 4.78 is 22.0. The number of benzene rings is 1. The van der Waals surface area contributed by atoms with Crippen LogP contribution in [0.5, 0.6) is 0 Å². The molecule has 1 atom stereocenters. The Bertz CT molecular complexity index is 1300. The average Bonchev–Trinajstić information content (AvgIpc) is 3.51. The number of anilines is 1. The fraction of sp³-hybridized carbons (Fsp3) is 0.238. The van der Waals surface area contributed by atoms with E-state index in [0.717, 1.165) is 0 Å². The normalized spacial score (nSPS) is 17.7. The Kier molecular flexibility index (Phi) is 4.85. The molecule has 1 saturated heterocycles. The van der Waals surface area contributed by atoms with Crippen LogP contribution in [0.3, 0.4) is 0 Å². The predicted molar refractivity (Wildman–Crippen MR) is 113 cm³/mol. The Labute approximate surface area is 181 Å². The minimum atomic E-state index is -0.577. The molecule has 0 aliphatic carbocycles. The zero-order valence-corrected chi connectivity index (χ0v) is 17.0. The summed E-state index contributed by atoms with van der Waals surface area (Å²) in [5, 5.41) is 10.4. The molecule has 1 N–H and O–H groups in total. The van der Waals surface area contributed by atoms with E-state index in [4.69, 9.17) is 4.74 Å². The van der Waals surface area contributed by atoms with Gasteiger partial charge in [-0.3, -0.25) is 9.69 Å². The number of amidine groups is 1. The average molecular weight is 435 g/mol. The number of nitrogens with one attached hydrogen (secondary N) is 1. The standard InChI is InChI=1S/C21H18FN7O3/c1-12(30)23-7-15-9-29(21(31)32-15)14-3-4-16(17(22)6-14)13-2-5-19-26-18(10-28(19)8-13)20-24-11-25-27-20/h2-6,8,10,15H,7,9,11H2,1H3,(H,23,30)/t15-/m0/s1. The summed E-state index contributed by atoms with van der Waals surface area (Å²) in [6.07, 6.45) is 2.47. The molecule has 0 spiro atoms. The van der Waals surface area contributed by atoms with Gasteiger partial charge in [0.15, 0.2) is 12.5 Å². The van der Waals surface area contributed by atoms with E-state index in [0.29, 0.717) is 40.7 Å². The van der Waals surface area contributed by atoms with Crippen molar-refractivity contribution in [2.75, 3.05) is 24.7 Å². The molecule has 11 heteroatoms. The second-order valence-electron chi connectivity index (χ2n) is 7.39. The van der Waals surface area contributed by atoms with Gasteiger partial charge in [0.1, 0.15) is 23.3 Å². The highest BCUT2D eigenvalue weighted by Crippen LogP contribution is 2.29. The Morgan fingerprint density at radius 2 is 2.16 bits per heavy atom. The lowest BCUT2D eigenvalue weighted by Gasteiger charge is -2.14. The van der Waals surface area contributed by atoms with Crippen LogP contribution in [0.2, 0.25) is 0 Å². The number of carbonyl (C=O) groups excluding carboxylic acids is 2. The monoisotopic (exact) mass is 435 g/mol. The van der Waals surface area contributed by atoms with E-state index in [1.54, 1.807) is 41.1 Å². The van der Waals surface area contributed by atoms with Gasteiger partial charge in [-0.1, -0.05) is 0 Å². The zero-order valence-electron chi connectivity index (χ0n) is 17.0. The molecule has 0 saturated carbocycles. The molecule has 10 nitrogen and oxygen atoms in total. The van der Waals surface area contributed by atoms with Crippen LogP contribution in [0.4, 0.5) is 14.9 Å². The highest BCUT2D eigenvalue weighted by molar-refractivity contribution is 5.98. The molecule has 0 unspecified atom stereocenters. The van der Waals surface area contributed by atoms with E-state index in [2.05, 4.69) is 25.5 Å². The van der Waals surface area contributed by atoms with E-state index >= 15 is 4.39 Å². The molecule has 32 heavy (non-hydrogen) atoms. The first kappa shape index (κ1) is 19.8. The van der Waals surface area contributed by atoms with Crippen LogP contribution in [-0.4, -0.2) is 53.1 Å². The maximum Gasteiger partial charge on any atom is 0.414 e. The number of hydrogen-bond acceptors (Lipinski definition) is 7. The molecule has 0 bridgehead atoms. The van der Waals surface area contributed by atoms with Crippen LogP contribution in [0.25, 0.3) is 16.8 Å². The van der Waals surface area contributed by atoms with Crippen molar-refractivity contribution < 1.29 is 18.7 Å². The predicted octanol–water partition coefficient (Wildman–Crippen LogP) is 2.77. The fourth-order valence-corrected chi connectivity index (χ4v) is 3.62. The second kappa shape index (κ2) is 7.84. The van der Waals surface area contributed by atoms with Gasteiger partial charge in [0, 0.05) is 30.4 Å². The van der Waals surface area contributed by atoms with Crippen molar-refractivity contribution in [3.8, 4) is 11.1 Å². The van der Waals surface area contributed by atoms with Crippen LogP contribution in [-0.2, 0) is 9.53 Å². The van der Waals surface area contributed by atoms with Gasteiger partial charge in [0.25, 0.3) is 0 Å². The number of amides is 2. The summed E-state index contributed by atoms with van der Waals surface area (Å²) in [5.74, 6) is -0.216. The lowest BCUT2D eigenvalue weighted by atomic mass is 10.1. The van der Waals surface area contributed by atoms with Gasteiger partial charge in [-0.05, 0) is 30.3 Å². The van der Waals surface area contributed by atoms with Gasteiger partial charge in [-0.2, -0.15) is 5.11 Å². The van der Waals surface area contributed by atoms with Gasteiger partial charge in [0.05, 0.1) is 18.8 Å². The number of aromatic nitrogens is 2. The second-order valence-corrected chi connectivity index (χ2v) is 7.39. The maximum atomic E-state index is 15.0. The first-order valence-corrected chi connectivity index (χ1v) is 9.91. The van der Waals surface area contributed by atoms with Crippen LogP contribution >= 0.6 is 0 Å². The molecule has 2 aliphatic rings. The number of rotatable bonds is 5.